The van der Waals surface area contributed by atoms with Crippen LogP contribution in [0.4, 0.5) is 10.5 Å². The quantitative estimate of drug-likeness (QED) is 0.754. The van der Waals surface area contributed by atoms with Crippen LogP contribution in [0.3, 0.4) is 0 Å². The van der Waals surface area contributed by atoms with Gasteiger partial charge in [-0.1, -0.05) is 41.9 Å². The van der Waals surface area contributed by atoms with Gasteiger partial charge in [-0.25, -0.2) is 9.78 Å². The lowest BCUT2D eigenvalue weighted by Gasteiger charge is -2.19. The highest BCUT2D eigenvalue weighted by molar-refractivity contribution is 6.30. The molecule has 5 nitrogen and oxygen atoms in total. The first-order chi connectivity index (χ1) is 11.6. The molecule has 0 saturated heterocycles. The van der Waals surface area contributed by atoms with Crippen LogP contribution < -0.4 is 10.6 Å². The lowest BCUT2D eigenvalue weighted by Crippen LogP contribution is -2.34. The number of imidazole rings is 1. The van der Waals surface area contributed by atoms with Crippen LogP contribution in [0.2, 0.25) is 5.02 Å². The van der Waals surface area contributed by atoms with E-state index in [1.165, 1.54) is 0 Å². The monoisotopic (exact) mass is 340 g/mol. The van der Waals surface area contributed by atoms with E-state index < -0.39 is 0 Å². The van der Waals surface area contributed by atoms with Crippen molar-refractivity contribution in [3.63, 3.8) is 0 Å². The number of urea groups is 1. The van der Waals surface area contributed by atoms with Crippen LogP contribution in [-0.4, -0.2) is 15.6 Å². The maximum atomic E-state index is 12.4. The molecule has 1 atom stereocenters. The number of anilines is 1. The van der Waals surface area contributed by atoms with E-state index in [1.54, 1.807) is 30.5 Å². The van der Waals surface area contributed by atoms with Crippen LogP contribution >= 0.6 is 11.6 Å². The highest BCUT2D eigenvalue weighted by Gasteiger charge is 2.20. The van der Waals surface area contributed by atoms with E-state index in [-0.39, 0.29) is 12.1 Å². The second-order valence-electron chi connectivity index (χ2n) is 5.35. The average molecular weight is 341 g/mol. The van der Waals surface area contributed by atoms with Gasteiger partial charge in [0.15, 0.2) is 0 Å². The van der Waals surface area contributed by atoms with Crippen molar-refractivity contribution in [2.45, 2.75) is 6.04 Å². The van der Waals surface area contributed by atoms with E-state index in [2.05, 4.69) is 15.6 Å². The average Bonchev–Trinajstić information content (AvgIpc) is 3.01. The fraction of sp³-hybridized carbons (Fsp3) is 0.111. The first-order valence-corrected chi connectivity index (χ1v) is 7.86. The van der Waals surface area contributed by atoms with Gasteiger partial charge >= 0.3 is 6.03 Å². The molecule has 2 aromatic carbocycles. The molecular formula is C18H17ClN4O. The molecule has 0 radical (unpaired) electrons. The highest BCUT2D eigenvalue weighted by Crippen LogP contribution is 2.20. The molecular weight excluding hydrogens is 324 g/mol. The lowest BCUT2D eigenvalue weighted by molar-refractivity contribution is 0.249. The number of benzene rings is 2. The highest BCUT2D eigenvalue weighted by atomic mass is 35.5. The van der Waals surface area contributed by atoms with E-state index >= 15 is 0 Å². The number of carbonyl (C=O) groups excluding carboxylic acids is 1. The summed E-state index contributed by atoms with van der Waals surface area (Å²) in [6, 6.07) is 16.0. The summed E-state index contributed by atoms with van der Waals surface area (Å²) in [6.45, 7) is 0. The summed E-state index contributed by atoms with van der Waals surface area (Å²) >= 11 is 5.86. The molecule has 0 spiro atoms. The number of hydrogen-bond donors (Lipinski definition) is 2. The Hall–Kier alpha value is -2.79. The Morgan fingerprint density at radius 2 is 1.83 bits per heavy atom. The Balaban J connectivity index is 1.80. The van der Waals surface area contributed by atoms with E-state index in [1.807, 2.05) is 48.1 Å². The van der Waals surface area contributed by atoms with Gasteiger partial charge in [0.2, 0.25) is 0 Å². The van der Waals surface area contributed by atoms with Gasteiger partial charge in [0.25, 0.3) is 0 Å². The summed E-state index contributed by atoms with van der Waals surface area (Å²) in [5.74, 6) is 0.757. The molecule has 3 aromatic rings. The van der Waals surface area contributed by atoms with Gasteiger partial charge in [-0.3, -0.25) is 0 Å². The molecule has 1 heterocycles. The predicted molar refractivity (Wildman–Crippen MR) is 95.1 cm³/mol. The SMILES string of the molecule is Cn1ccnc1C(NC(=O)Nc1ccc(Cl)cc1)c1ccccc1. The summed E-state index contributed by atoms with van der Waals surface area (Å²) < 4.78 is 1.89. The minimum absolute atomic E-state index is 0.311. The zero-order valence-electron chi connectivity index (χ0n) is 13.1. The third kappa shape index (κ3) is 3.75. The number of amides is 2. The maximum Gasteiger partial charge on any atom is 0.320 e. The maximum absolute atomic E-state index is 12.4. The van der Waals surface area contributed by atoms with Gasteiger partial charge in [-0.15, -0.1) is 0 Å². The Morgan fingerprint density at radius 3 is 2.46 bits per heavy atom. The largest absolute Gasteiger partial charge is 0.336 e. The molecule has 0 fully saturated rings. The molecule has 24 heavy (non-hydrogen) atoms. The summed E-state index contributed by atoms with van der Waals surface area (Å²) in [6.07, 6.45) is 3.56. The van der Waals surface area contributed by atoms with Gasteiger partial charge in [0.1, 0.15) is 11.9 Å². The molecule has 0 aliphatic carbocycles. The van der Waals surface area contributed by atoms with Gasteiger partial charge in [0.05, 0.1) is 0 Å². The zero-order valence-corrected chi connectivity index (χ0v) is 13.9. The van der Waals surface area contributed by atoms with Crippen molar-refractivity contribution < 1.29 is 4.79 Å². The standard InChI is InChI=1S/C18H17ClN4O/c1-23-12-11-20-17(23)16(13-5-3-2-4-6-13)22-18(24)21-15-9-7-14(19)8-10-15/h2-12,16H,1H3,(H2,21,22,24). The summed E-state index contributed by atoms with van der Waals surface area (Å²) in [5, 5.41) is 6.40. The molecule has 2 N–H and O–H groups in total. The van der Waals surface area contributed by atoms with Crippen molar-refractivity contribution in [2.75, 3.05) is 5.32 Å². The van der Waals surface area contributed by atoms with E-state index in [4.69, 9.17) is 11.6 Å². The number of halogens is 1. The number of carbonyl (C=O) groups is 1. The normalized spacial score (nSPS) is 11.8. The summed E-state index contributed by atoms with van der Waals surface area (Å²) in [7, 11) is 1.90. The molecule has 3 rings (SSSR count). The van der Waals surface area contributed by atoms with E-state index in [0.29, 0.717) is 10.7 Å². The fourth-order valence-electron chi connectivity index (χ4n) is 2.43. The number of nitrogens with zero attached hydrogens (tertiary/aromatic N) is 2. The molecule has 122 valence electrons. The Morgan fingerprint density at radius 1 is 1.12 bits per heavy atom. The third-order valence-corrected chi connectivity index (χ3v) is 3.88. The summed E-state index contributed by atoms with van der Waals surface area (Å²) in [5.41, 5.74) is 1.63. The minimum atomic E-state index is -0.349. The number of nitrogens with one attached hydrogen (secondary N) is 2. The number of aryl methyl sites for hydroxylation is 1. The van der Waals surface area contributed by atoms with Gasteiger partial charge < -0.3 is 15.2 Å². The van der Waals surface area contributed by atoms with Crippen molar-refractivity contribution in [3.05, 3.63) is 83.4 Å². The first kappa shape index (κ1) is 16.1. The van der Waals surface area contributed by atoms with Crippen molar-refractivity contribution >= 4 is 23.3 Å². The van der Waals surface area contributed by atoms with E-state index in [0.717, 1.165) is 11.4 Å². The lowest BCUT2D eigenvalue weighted by atomic mass is 10.1. The number of rotatable bonds is 4. The predicted octanol–water partition coefficient (Wildman–Crippen LogP) is 3.98. The van der Waals surface area contributed by atoms with Crippen molar-refractivity contribution in [3.8, 4) is 0 Å². The molecule has 0 bridgehead atoms. The fourth-order valence-corrected chi connectivity index (χ4v) is 2.56. The number of hydrogen-bond acceptors (Lipinski definition) is 2. The van der Waals surface area contributed by atoms with Gasteiger partial charge in [-0.2, -0.15) is 0 Å². The molecule has 1 aromatic heterocycles. The van der Waals surface area contributed by atoms with Gasteiger partial charge in [-0.05, 0) is 29.8 Å². The molecule has 1 unspecified atom stereocenters. The molecule has 6 heteroatoms. The van der Waals surface area contributed by atoms with Crippen molar-refractivity contribution in [1.82, 2.24) is 14.9 Å². The second-order valence-corrected chi connectivity index (χ2v) is 5.78. The third-order valence-electron chi connectivity index (χ3n) is 3.63. The van der Waals surface area contributed by atoms with Crippen LogP contribution in [0.25, 0.3) is 0 Å². The molecule has 0 aliphatic rings. The Bertz CT molecular complexity index is 815. The molecule has 0 saturated carbocycles. The second kappa shape index (κ2) is 7.19. The van der Waals surface area contributed by atoms with Crippen LogP contribution in [0.1, 0.15) is 17.4 Å². The van der Waals surface area contributed by atoms with Crippen molar-refractivity contribution in [2.24, 2.45) is 7.05 Å². The first-order valence-electron chi connectivity index (χ1n) is 7.49. The van der Waals surface area contributed by atoms with Crippen LogP contribution in [0, 0.1) is 0 Å². The van der Waals surface area contributed by atoms with E-state index in [9.17, 15) is 4.79 Å². The van der Waals surface area contributed by atoms with Gasteiger partial charge in [0, 0.05) is 30.2 Å². The van der Waals surface area contributed by atoms with Crippen LogP contribution in [0.5, 0.6) is 0 Å². The van der Waals surface area contributed by atoms with Crippen LogP contribution in [-0.2, 0) is 7.05 Å². The minimum Gasteiger partial charge on any atom is -0.336 e. The summed E-state index contributed by atoms with van der Waals surface area (Å²) in [4.78, 5) is 16.8. The van der Waals surface area contributed by atoms with Crippen molar-refractivity contribution in [1.29, 1.82) is 0 Å². The molecule has 0 aliphatic heterocycles. The molecule has 2 amide bonds. The Kier molecular flexibility index (Phi) is 4.82. The number of aromatic nitrogens is 2. The Labute approximate surface area is 145 Å². The smallest absolute Gasteiger partial charge is 0.320 e. The van der Waals surface area contributed by atoms with Crippen LogP contribution in [0.15, 0.2) is 67.0 Å². The topological polar surface area (TPSA) is 59.0 Å². The zero-order chi connectivity index (χ0) is 16.9.